The fourth-order valence-electron chi connectivity index (χ4n) is 1.24. The molecule has 0 fully saturated rings. The summed E-state index contributed by atoms with van der Waals surface area (Å²) in [7, 11) is 0. The molecule has 0 spiro atoms. The maximum atomic E-state index is 11.1. The molecule has 5 heteroatoms. The lowest BCUT2D eigenvalue weighted by molar-refractivity contribution is -0.121. The molecular weight excluding hydrogens is 182 g/mol. The van der Waals surface area contributed by atoms with Crippen LogP contribution in [0, 0.1) is 0 Å². The summed E-state index contributed by atoms with van der Waals surface area (Å²) in [5.41, 5.74) is 3.30. The number of amides is 2. The Labute approximate surface area is 82.9 Å². The summed E-state index contributed by atoms with van der Waals surface area (Å²) in [5.74, 6) is -0.0149. The molecule has 0 saturated carbocycles. The van der Waals surface area contributed by atoms with E-state index in [4.69, 9.17) is 0 Å². The Balaban J connectivity index is 2.25. The fourth-order valence-corrected chi connectivity index (χ4v) is 1.24. The van der Waals surface area contributed by atoms with E-state index in [1.54, 1.807) is 0 Å². The molecular formula is C9H15N3O2. The average molecular weight is 197 g/mol. The van der Waals surface area contributed by atoms with Gasteiger partial charge in [-0.05, 0) is 19.8 Å². The van der Waals surface area contributed by atoms with E-state index in [9.17, 15) is 9.59 Å². The summed E-state index contributed by atoms with van der Waals surface area (Å²) in [5, 5.41) is 6.59. The number of rotatable bonds is 4. The van der Waals surface area contributed by atoms with E-state index in [2.05, 4.69) is 15.8 Å². The minimum absolute atomic E-state index is 0.0344. The van der Waals surface area contributed by atoms with Crippen molar-refractivity contribution in [2.24, 2.45) is 5.10 Å². The second-order valence-corrected chi connectivity index (χ2v) is 3.17. The molecule has 0 atom stereocenters. The van der Waals surface area contributed by atoms with Crippen LogP contribution in [0.4, 0.5) is 0 Å². The van der Waals surface area contributed by atoms with Crippen LogP contribution in [0.15, 0.2) is 5.10 Å². The number of carbonyl (C=O) groups is 2. The monoisotopic (exact) mass is 197 g/mol. The Morgan fingerprint density at radius 1 is 1.57 bits per heavy atom. The first-order chi connectivity index (χ1) is 6.72. The highest BCUT2D eigenvalue weighted by Crippen LogP contribution is 2.04. The molecule has 0 radical (unpaired) electrons. The largest absolute Gasteiger partial charge is 0.356 e. The standard InChI is InChI=1S/C9H15N3O2/c1-2-10-8(13)5-3-7-4-6-9(14)12-11-7/h2-6H2,1H3,(H,10,13)(H,12,14). The van der Waals surface area contributed by atoms with E-state index < -0.39 is 0 Å². The van der Waals surface area contributed by atoms with Crippen LogP contribution in [0.5, 0.6) is 0 Å². The molecule has 0 bridgehead atoms. The zero-order valence-corrected chi connectivity index (χ0v) is 8.30. The summed E-state index contributed by atoms with van der Waals surface area (Å²) in [6.07, 6.45) is 2.23. The third-order valence-electron chi connectivity index (χ3n) is 1.99. The van der Waals surface area contributed by atoms with Crippen molar-refractivity contribution in [3.63, 3.8) is 0 Å². The van der Waals surface area contributed by atoms with Crippen molar-refractivity contribution in [1.82, 2.24) is 10.7 Å². The Morgan fingerprint density at radius 3 is 2.93 bits per heavy atom. The zero-order chi connectivity index (χ0) is 10.4. The number of nitrogens with one attached hydrogen (secondary N) is 2. The van der Waals surface area contributed by atoms with E-state index in [-0.39, 0.29) is 11.8 Å². The molecule has 0 unspecified atom stereocenters. The van der Waals surface area contributed by atoms with Crippen molar-refractivity contribution in [3.05, 3.63) is 0 Å². The van der Waals surface area contributed by atoms with Crippen molar-refractivity contribution >= 4 is 17.5 Å². The lowest BCUT2D eigenvalue weighted by Gasteiger charge is -2.11. The van der Waals surface area contributed by atoms with Gasteiger partial charge in [-0.3, -0.25) is 9.59 Å². The smallest absolute Gasteiger partial charge is 0.240 e. The van der Waals surface area contributed by atoms with Gasteiger partial charge in [0, 0.05) is 25.1 Å². The summed E-state index contributed by atoms with van der Waals surface area (Å²) in [6, 6.07) is 0. The van der Waals surface area contributed by atoms with E-state index in [1.807, 2.05) is 6.92 Å². The van der Waals surface area contributed by atoms with Crippen molar-refractivity contribution in [3.8, 4) is 0 Å². The molecule has 1 rings (SSSR count). The molecule has 1 aliphatic rings. The van der Waals surface area contributed by atoms with Gasteiger partial charge in [0.1, 0.15) is 0 Å². The number of carbonyl (C=O) groups excluding carboxylic acids is 2. The molecule has 1 heterocycles. The van der Waals surface area contributed by atoms with E-state index in [0.717, 1.165) is 5.71 Å². The van der Waals surface area contributed by atoms with Gasteiger partial charge >= 0.3 is 0 Å². The predicted octanol–water partition coefficient (Wildman–Crippen LogP) is 0.169. The third-order valence-corrected chi connectivity index (χ3v) is 1.99. The van der Waals surface area contributed by atoms with E-state index in [1.165, 1.54) is 0 Å². The molecule has 78 valence electrons. The summed E-state index contributed by atoms with van der Waals surface area (Å²) in [6.45, 7) is 2.54. The highest BCUT2D eigenvalue weighted by atomic mass is 16.2. The van der Waals surface area contributed by atoms with E-state index in [0.29, 0.717) is 32.2 Å². The van der Waals surface area contributed by atoms with E-state index >= 15 is 0 Å². The number of nitrogens with zero attached hydrogens (tertiary/aromatic N) is 1. The summed E-state index contributed by atoms with van der Waals surface area (Å²) >= 11 is 0. The maximum Gasteiger partial charge on any atom is 0.240 e. The predicted molar refractivity (Wildman–Crippen MR) is 52.7 cm³/mol. The zero-order valence-electron chi connectivity index (χ0n) is 8.30. The van der Waals surface area contributed by atoms with Crippen LogP contribution < -0.4 is 10.7 Å². The van der Waals surface area contributed by atoms with Gasteiger partial charge in [0.05, 0.1) is 0 Å². The van der Waals surface area contributed by atoms with Crippen LogP contribution in [0.2, 0.25) is 0 Å². The third kappa shape index (κ3) is 3.55. The lowest BCUT2D eigenvalue weighted by Crippen LogP contribution is -2.27. The van der Waals surface area contributed by atoms with Gasteiger partial charge in [0.15, 0.2) is 0 Å². The minimum atomic E-state index is -0.0493. The van der Waals surface area contributed by atoms with Crippen molar-refractivity contribution in [2.75, 3.05) is 6.54 Å². The van der Waals surface area contributed by atoms with Gasteiger partial charge in [-0.2, -0.15) is 5.10 Å². The van der Waals surface area contributed by atoms with Gasteiger partial charge in [0.2, 0.25) is 11.8 Å². The number of hydrogen-bond acceptors (Lipinski definition) is 3. The molecule has 0 aliphatic carbocycles. The fraction of sp³-hybridized carbons (Fsp3) is 0.667. The molecule has 0 aromatic rings. The van der Waals surface area contributed by atoms with Crippen molar-refractivity contribution < 1.29 is 9.59 Å². The van der Waals surface area contributed by atoms with Gasteiger partial charge in [-0.15, -0.1) is 0 Å². The quantitative estimate of drug-likeness (QED) is 0.674. The normalized spacial score (nSPS) is 15.8. The second kappa shape index (κ2) is 5.36. The molecule has 2 N–H and O–H groups in total. The Kier molecular flexibility index (Phi) is 4.10. The molecule has 5 nitrogen and oxygen atoms in total. The SMILES string of the molecule is CCNC(=O)CCC1=NNC(=O)CC1. The Hall–Kier alpha value is -1.39. The van der Waals surface area contributed by atoms with Crippen LogP contribution in [0.25, 0.3) is 0 Å². The second-order valence-electron chi connectivity index (χ2n) is 3.17. The molecule has 2 amide bonds. The van der Waals surface area contributed by atoms with Crippen LogP contribution in [-0.2, 0) is 9.59 Å². The Morgan fingerprint density at radius 2 is 2.36 bits per heavy atom. The topological polar surface area (TPSA) is 70.6 Å². The lowest BCUT2D eigenvalue weighted by atomic mass is 10.1. The number of hydrogen-bond donors (Lipinski definition) is 2. The van der Waals surface area contributed by atoms with Crippen LogP contribution in [0.1, 0.15) is 32.6 Å². The minimum Gasteiger partial charge on any atom is -0.356 e. The van der Waals surface area contributed by atoms with Gasteiger partial charge < -0.3 is 5.32 Å². The van der Waals surface area contributed by atoms with Crippen LogP contribution >= 0.6 is 0 Å². The first-order valence-corrected chi connectivity index (χ1v) is 4.83. The number of hydrazone groups is 1. The van der Waals surface area contributed by atoms with Crippen LogP contribution in [-0.4, -0.2) is 24.1 Å². The summed E-state index contributed by atoms with van der Waals surface area (Å²) in [4.78, 5) is 21.8. The van der Waals surface area contributed by atoms with Gasteiger partial charge in [-0.25, -0.2) is 5.43 Å². The van der Waals surface area contributed by atoms with Gasteiger partial charge in [0.25, 0.3) is 0 Å². The van der Waals surface area contributed by atoms with Crippen molar-refractivity contribution in [1.29, 1.82) is 0 Å². The molecule has 14 heavy (non-hydrogen) atoms. The Bertz CT molecular complexity index is 261. The highest BCUT2D eigenvalue weighted by molar-refractivity contribution is 5.94. The van der Waals surface area contributed by atoms with Crippen LogP contribution in [0.3, 0.4) is 0 Å². The molecule has 0 aromatic heterocycles. The van der Waals surface area contributed by atoms with Crippen molar-refractivity contribution in [2.45, 2.75) is 32.6 Å². The maximum absolute atomic E-state index is 11.1. The van der Waals surface area contributed by atoms with Gasteiger partial charge in [-0.1, -0.05) is 0 Å². The first kappa shape index (κ1) is 10.7. The summed E-state index contributed by atoms with van der Waals surface area (Å²) < 4.78 is 0. The first-order valence-electron chi connectivity index (χ1n) is 4.83. The molecule has 0 saturated heterocycles. The average Bonchev–Trinajstić information content (AvgIpc) is 2.17. The molecule has 1 aliphatic heterocycles. The highest BCUT2D eigenvalue weighted by Gasteiger charge is 2.12. The molecule has 0 aromatic carbocycles.